The minimum atomic E-state index is -0.887. The number of methoxy groups -OCH3 is 1. The van der Waals surface area contributed by atoms with Crippen LogP contribution in [-0.2, 0) is 11.2 Å². The number of pyridine rings is 1. The van der Waals surface area contributed by atoms with Crippen molar-refractivity contribution in [3.63, 3.8) is 0 Å². The van der Waals surface area contributed by atoms with E-state index in [2.05, 4.69) is 21.7 Å². The molecular weight excluding hydrogens is 436 g/mol. The maximum atomic E-state index is 12.6. The molecule has 5 rings (SSSR count). The topological polar surface area (TPSA) is 86.7 Å². The molecule has 1 atom stereocenters. The lowest BCUT2D eigenvalue weighted by Gasteiger charge is -2.30. The third-order valence-electron chi connectivity index (χ3n) is 5.97. The van der Waals surface area contributed by atoms with Gasteiger partial charge < -0.3 is 25.4 Å². The fourth-order valence-electron chi connectivity index (χ4n) is 4.10. The van der Waals surface area contributed by atoms with Crippen molar-refractivity contribution in [3.05, 3.63) is 64.7 Å². The van der Waals surface area contributed by atoms with Crippen molar-refractivity contribution in [1.82, 2.24) is 10.3 Å². The largest absolute Gasteiger partial charge is 0.383 e. The predicted molar refractivity (Wildman–Crippen MR) is 131 cm³/mol. The molecule has 0 bridgehead atoms. The van der Waals surface area contributed by atoms with E-state index in [1.165, 1.54) is 11.3 Å². The Balaban J connectivity index is 1.42. The lowest BCUT2D eigenvalue weighted by Crippen LogP contribution is -2.31. The molecule has 3 aromatic rings. The number of amides is 1. The van der Waals surface area contributed by atoms with Gasteiger partial charge in [-0.2, -0.15) is 0 Å². The first kappa shape index (κ1) is 21.9. The zero-order valence-electron chi connectivity index (χ0n) is 18.6. The quantitative estimate of drug-likeness (QED) is 0.440. The highest BCUT2D eigenvalue weighted by Crippen LogP contribution is 2.43. The van der Waals surface area contributed by atoms with Crippen molar-refractivity contribution in [2.45, 2.75) is 31.5 Å². The number of carbonyl (C=O) groups is 1. The molecular formula is C25H28N4O3S. The molecule has 7 nitrogen and oxygen atoms in total. The van der Waals surface area contributed by atoms with E-state index in [4.69, 9.17) is 4.74 Å². The number of rotatable bonds is 8. The van der Waals surface area contributed by atoms with Gasteiger partial charge in [-0.3, -0.25) is 4.79 Å². The lowest BCUT2D eigenvalue weighted by molar-refractivity contribution is 0.0955. The molecule has 3 N–H and O–H groups in total. The summed E-state index contributed by atoms with van der Waals surface area (Å²) < 4.78 is 5.09. The summed E-state index contributed by atoms with van der Waals surface area (Å²) in [7, 11) is 1.66. The number of aliphatic hydroxyl groups is 1. The summed E-state index contributed by atoms with van der Waals surface area (Å²) in [5.41, 5.74) is 3.71. The van der Waals surface area contributed by atoms with Crippen molar-refractivity contribution < 1.29 is 14.6 Å². The SMILES string of the molecule is COCCNc1cccc(C(O)N2CCc3cc(C(=O)NC4CC4)sc3-c3ccccc32)n1. The van der Waals surface area contributed by atoms with Crippen LogP contribution in [0.5, 0.6) is 0 Å². The number of hydrogen-bond acceptors (Lipinski definition) is 7. The smallest absolute Gasteiger partial charge is 0.261 e. The van der Waals surface area contributed by atoms with Crippen LogP contribution >= 0.6 is 11.3 Å². The van der Waals surface area contributed by atoms with Crippen LogP contribution in [0.4, 0.5) is 11.5 Å². The molecule has 1 unspecified atom stereocenters. The second kappa shape index (κ2) is 9.51. The van der Waals surface area contributed by atoms with Crippen LogP contribution < -0.4 is 15.5 Å². The van der Waals surface area contributed by atoms with Crippen LogP contribution in [0.1, 0.15) is 40.0 Å². The number of ether oxygens (including phenoxy) is 1. The van der Waals surface area contributed by atoms with Crippen molar-refractivity contribution in [2.75, 3.05) is 37.0 Å². The number of aliphatic hydroxyl groups excluding tert-OH is 1. The highest BCUT2D eigenvalue weighted by Gasteiger charge is 2.29. The summed E-state index contributed by atoms with van der Waals surface area (Å²) in [6.45, 7) is 1.85. The van der Waals surface area contributed by atoms with E-state index in [-0.39, 0.29) is 5.91 Å². The van der Waals surface area contributed by atoms with Crippen LogP contribution in [0.3, 0.4) is 0 Å². The molecule has 1 amide bonds. The van der Waals surface area contributed by atoms with Crippen LogP contribution in [0.2, 0.25) is 0 Å². The predicted octanol–water partition coefficient (Wildman–Crippen LogP) is 3.81. The number of anilines is 2. The Bertz CT molecular complexity index is 1140. The minimum Gasteiger partial charge on any atom is -0.383 e. The van der Waals surface area contributed by atoms with Gasteiger partial charge in [-0.1, -0.05) is 24.3 Å². The maximum absolute atomic E-state index is 12.6. The van der Waals surface area contributed by atoms with Crippen molar-refractivity contribution >= 4 is 28.7 Å². The van der Waals surface area contributed by atoms with Crippen molar-refractivity contribution in [1.29, 1.82) is 0 Å². The number of nitrogens with one attached hydrogen (secondary N) is 2. The monoisotopic (exact) mass is 464 g/mol. The van der Waals surface area contributed by atoms with Gasteiger partial charge in [-0.15, -0.1) is 11.3 Å². The Morgan fingerprint density at radius 1 is 1.27 bits per heavy atom. The normalized spacial score (nSPS) is 15.9. The van der Waals surface area contributed by atoms with Gasteiger partial charge in [0.05, 0.1) is 17.2 Å². The zero-order valence-corrected chi connectivity index (χ0v) is 19.4. The Hall–Kier alpha value is -2.94. The van der Waals surface area contributed by atoms with E-state index in [0.717, 1.165) is 45.8 Å². The Kier molecular flexibility index (Phi) is 6.30. The number of fused-ring (bicyclic) bond motifs is 3. The number of nitrogens with zero attached hydrogens (tertiary/aromatic N) is 2. The molecule has 172 valence electrons. The van der Waals surface area contributed by atoms with E-state index in [9.17, 15) is 9.90 Å². The third-order valence-corrected chi connectivity index (χ3v) is 7.18. The molecule has 8 heteroatoms. The standard InChI is InChI=1S/C25H28N4O3S/c1-32-14-12-26-22-8-4-6-19(28-22)25(31)29-13-11-16-15-21(24(30)27-17-9-10-17)33-23(16)18-5-2-3-7-20(18)29/h2-8,15,17,25,31H,9-14H2,1H3,(H,26,28)(H,27,30). The fourth-order valence-corrected chi connectivity index (χ4v) is 5.25. The highest BCUT2D eigenvalue weighted by molar-refractivity contribution is 7.17. The summed E-state index contributed by atoms with van der Waals surface area (Å²) in [6.07, 6.45) is 2.00. The van der Waals surface area contributed by atoms with Gasteiger partial charge in [0.2, 0.25) is 0 Å². The number of carbonyl (C=O) groups excluding carboxylic acids is 1. The summed E-state index contributed by atoms with van der Waals surface area (Å²) in [4.78, 5) is 21.1. The Labute approximate surface area is 197 Å². The number of benzene rings is 1. The Morgan fingerprint density at radius 2 is 2.12 bits per heavy atom. The molecule has 1 saturated carbocycles. The molecule has 2 aromatic heterocycles. The van der Waals surface area contributed by atoms with Gasteiger partial charge in [0.25, 0.3) is 5.91 Å². The van der Waals surface area contributed by atoms with E-state index >= 15 is 0 Å². The van der Waals surface area contributed by atoms with Gasteiger partial charge in [0.1, 0.15) is 5.82 Å². The maximum Gasteiger partial charge on any atom is 0.261 e. The van der Waals surface area contributed by atoms with Gasteiger partial charge in [0, 0.05) is 42.4 Å². The van der Waals surface area contributed by atoms with Crippen LogP contribution in [0.25, 0.3) is 10.4 Å². The molecule has 3 heterocycles. The minimum absolute atomic E-state index is 0.0203. The number of para-hydroxylation sites is 1. The second-order valence-electron chi connectivity index (χ2n) is 8.41. The van der Waals surface area contributed by atoms with Crippen molar-refractivity contribution in [3.8, 4) is 10.4 Å². The van der Waals surface area contributed by atoms with Crippen LogP contribution in [-0.4, -0.2) is 48.8 Å². The van der Waals surface area contributed by atoms with Crippen molar-refractivity contribution in [2.24, 2.45) is 0 Å². The van der Waals surface area contributed by atoms with E-state index in [1.807, 2.05) is 47.4 Å². The number of aromatic nitrogens is 1. The first-order valence-corrected chi connectivity index (χ1v) is 12.1. The summed E-state index contributed by atoms with van der Waals surface area (Å²) in [5, 5.41) is 17.6. The molecule has 0 saturated heterocycles. The van der Waals surface area contributed by atoms with E-state index in [1.54, 1.807) is 7.11 Å². The van der Waals surface area contributed by atoms with Crippen LogP contribution in [0, 0.1) is 0 Å². The number of thiophene rings is 1. The number of hydrogen-bond donors (Lipinski definition) is 3. The molecule has 0 radical (unpaired) electrons. The molecule has 1 aromatic carbocycles. The first-order valence-electron chi connectivity index (χ1n) is 11.3. The molecule has 0 spiro atoms. The Morgan fingerprint density at radius 3 is 2.94 bits per heavy atom. The molecule has 1 aliphatic heterocycles. The van der Waals surface area contributed by atoms with Crippen LogP contribution in [0.15, 0.2) is 48.5 Å². The highest BCUT2D eigenvalue weighted by atomic mass is 32.1. The molecule has 1 aliphatic carbocycles. The van der Waals surface area contributed by atoms with E-state index in [0.29, 0.717) is 37.3 Å². The summed E-state index contributed by atoms with van der Waals surface area (Å²) >= 11 is 1.53. The first-order chi connectivity index (χ1) is 16.1. The average molecular weight is 465 g/mol. The second-order valence-corrected chi connectivity index (χ2v) is 9.47. The zero-order chi connectivity index (χ0) is 22.8. The fraction of sp³-hybridized carbons (Fsp3) is 0.360. The van der Waals surface area contributed by atoms with Gasteiger partial charge in [-0.25, -0.2) is 4.98 Å². The molecule has 2 aliphatic rings. The van der Waals surface area contributed by atoms with E-state index < -0.39 is 6.23 Å². The van der Waals surface area contributed by atoms with Gasteiger partial charge >= 0.3 is 0 Å². The lowest BCUT2D eigenvalue weighted by atomic mass is 10.1. The van der Waals surface area contributed by atoms with Gasteiger partial charge in [0.15, 0.2) is 6.23 Å². The average Bonchev–Trinajstić information content (AvgIpc) is 3.58. The third kappa shape index (κ3) is 4.73. The summed E-state index contributed by atoms with van der Waals surface area (Å²) in [6, 6.07) is 16.0. The molecule has 1 fully saturated rings. The molecule has 33 heavy (non-hydrogen) atoms. The summed E-state index contributed by atoms with van der Waals surface area (Å²) in [5.74, 6) is 0.726. The van der Waals surface area contributed by atoms with Gasteiger partial charge in [-0.05, 0) is 49.1 Å².